The van der Waals surface area contributed by atoms with Crippen molar-refractivity contribution in [3.63, 3.8) is 0 Å². The number of ether oxygens (including phenoxy) is 2. The minimum atomic E-state index is -4.66. The second kappa shape index (κ2) is 58.8. The molecule has 452 valence electrons. The average molecular weight is 1110 g/mol. The highest BCUT2D eigenvalue weighted by Crippen LogP contribution is 2.38. The Hall–Kier alpha value is -2.81. The number of phosphoric ester groups is 1. The standard InChI is InChI=1S/C68H122NO8P/c1-6-8-10-12-14-16-18-20-22-24-26-27-28-29-30-31-32-33-34-35-36-37-38-39-40-41-43-44-46-48-50-52-54-56-58-60-67(70)74-64-66(65-76-78(72,73)75-63-62-69(3,4)5)77-68(71)61-59-57-55-53-51-49-47-45-42-25-23-21-19-17-15-13-11-9-7-2/h9,11,15,17,21,23-24,26,42,45,49,51,55,57,66H,6-8,10,12-14,16,18-20,22,25,27-41,43-44,46-48,50,52-54,56,58-65H2,1-5H3/b11-9-,17-15-,23-21-,26-24-,45-42-,51-49-,57-55-. The molecule has 0 aromatic carbocycles. The van der Waals surface area contributed by atoms with Crippen molar-refractivity contribution >= 4 is 19.8 Å². The third-order valence-electron chi connectivity index (χ3n) is 13.9. The molecule has 0 rings (SSSR count). The lowest BCUT2D eigenvalue weighted by Crippen LogP contribution is -2.37. The molecule has 0 aliphatic carbocycles. The molecule has 0 aromatic rings. The normalized spacial score (nSPS) is 13.8. The SMILES string of the molecule is CC/C=C\C/C=C\C/C=C\C/C=C\C/C=C\C/C=C\CCC(=O)OC(COC(=O)CCCCCCCCCCCCCCCCCCCCCCCCC/C=C\CCCCCCCCCC)COP(=O)([O-])OCC[N+](C)(C)C. The van der Waals surface area contributed by atoms with Gasteiger partial charge in [0, 0.05) is 12.8 Å². The van der Waals surface area contributed by atoms with Crippen LogP contribution in [0.5, 0.6) is 0 Å². The summed E-state index contributed by atoms with van der Waals surface area (Å²) in [5.74, 6) is -0.926. The fourth-order valence-corrected chi connectivity index (χ4v) is 9.70. The second-order valence-electron chi connectivity index (χ2n) is 22.7. The van der Waals surface area contributed by atoms with Crippen LogP contribution in [-0.4, -0.2) is 70.0 Å². The summed E-state index contributed by atoms with van der Waals surface area (Å²) in [7, 11) is 1.12. The van der Waals surface area contributed by atoms with Gasteiger partial charge in [-0.15, -0.1) is 0 Å². The van der Waals surface area contributed by atoms with E-state index in [0.717, 1.165) is 57.8 Å². The van der Waals surface area contributed by atoms with Crippen LogP contribution in [0.1, 0.15) is 284 Å². The molecule has 0 N–H and O–H groups in total. The number of allylic oxidation sites excluding steroid dienone is 14. The Morgan fingerprint density at radius 3 is 1.14 bits per heavy atom. The predicted molar refractivity (Wildman–Crippen MR) is 332 cm³/mol. The highest BCUT2D eigenvalue weighted by Gasteiger charge is 2.21. The van der Waals surface area contributed by atoms with Crippen molar-refractivity contribution in [2.45, 2.75) is 290 Å². The van der Waals surface area contributed by atoms with E-state index in [2.05, 4.69) is 86.8 Å². The molecule has 2 atom stereocenters. The van der Waals surface area contributed by atoms with E-state index in [1.807, 2.05) is 33.3 Å². The number of phosphoric acid groups is 1. The number of carbonyl (C=O) groups is 2. The first-order valence-corrected chi connectivity index (χ1v) is 33.8. The number of hydrogen-bond donors (Lipinski definition) is 0. The molecule has 10 heteroatoms. The Morgan fingerprint density at radius 1 is 0.410 bits per heavy atom. The number of carbonyl (C=O) groups excluding carboxylic acids is 2. The van der Waals surface area contributed by atoms with Gasteiger partial charge in [0.25, 0.3) is 7.82 Å². The maximum absolute atomic E-state index is 12.8. The zero-order valence-corrected chi connectivity index (χ0v) is 52.2. The first-order valence-electron chi connectivity index (χ1n) is 32.3. The Morgan fingerprint density at radius 2 is 0.756 bits per heavy atom. The van der Waals surface area contributed by atoms with E-state index in [1.165, 1.54) is 193 Å². The van der Waals surface area contributed by atoms with E-state index < -0.39 is 32.5 Å². The Balaban J connectivity index is 4.04. The van der Waals surface area contributed by atoms with E-state index in [4.69, 9.17) is 18.5 Å². The molecule has 0 aliphatic rings. The smallest absolute Gasteiger partial charge is 0.306 e. The van der Waals surface area contributed by atoms with E-state index in [0.29, 0.717) is 17.4 Å². The van der Waals surface area contributed by atoms with Gasteiger partial charge in [-0.05, 0) is 77.0 Å². The largest absolute Gasteiger partial charge is 0.756 e. The van der Waals surface area contributed by atoms with Crippen LogP contribution in [0.4, 0.5) is 0 Å². The summed E-state index contributed by atoms with van der Waals surface area (Å²) in [4.78, 5) is 37.9. The molecule has 0 saturated carbocycles. The van der Waals surface area contributed by atoms with Crippen LogP contribution in [0.25, 0.3) is 0 Å². The summed E-state index contributed by atoms with van der Waals surface area (Å²) in [5, 5.41) is 0. The number of esters is 2. The van der Waals surface area contributed by atoms with Gasteiger partial charge < -0.3 is 27.9 Å². The van der Waals surface area contributed by atoms with Crippen LogP contribution in [0.2, 0.25) is 0 Å². The first kappa shape index (κ1) is 75.2. The molecular weight excluding hydrogens is 990 g/mol. The molecule has 0 fully saturated rings. The summed E-state index contributed by atoms with van der Waals surface area (Å²) in [5.41, 5.74) is 0. The van der Waals surface area contributed by atoms with Crippen molar-refractivity contribution in [3.8, 4) is 0 Å². The van der Waals surface area contributed by atoms with Gasteiger partial charge in [0.15, 0.2) is 6.10 Å². The highest BCUT2D eigenvalue weighted by molar-refractivity contribution is 7.45. The van der Waals surface area contributed by atoms with Gasteiger partial charge in [-0.2, -0.15) is 0 Å². The summed E-state index contributed by atoms with van der Waals surface area (Å²) >= 11 is 0. The van der Waals surface area contributed by atoms with E-state index >= 15 is 0 Å². The molecule has 0 heterocycles. The Bertz CT molecular complexity index is 1590. The summed E-state index contributed by atoms with van der Waals surface area (Å²) in [6.07, 6.45) is 79.8. The van der Waals surface area contributed by atoms with Crippen molar-refractivity contribution < 1.29 is 42.1 Å². The lowest BCUT2D eigenvalue weighted by atomic mass is 10.0. The predicted octanol–water partition coefficient (Wildman–Crippen LogP) is 20.0. The minimum absolute atomic E-state index is 0.0470. The van der Waals surface area contributed by atoms with Crippen LogP contribution < -0.4 is 4.89 Å². The molecule has 9 nitrogen and oxygen atoms in total. The van der Waals surface area contributed by atoms with Crippen molar-refractivity contribution in [2.24, 2.45) is 0 Å². The summed E-state index contributed by atoms with van der Waals surface area (Å²) in [6.45, 7) is 4.06. The van der Waals surface area contributed by atoms with Crippen molar-refractivity contribution in [1.29, 1.82) is 0 Å². The van der Waals surface area contributed by atoms with Crippen molar-refractivity contribution in [2.75, 3.05) is 47.5 Å². The molecule has 0 aromatic heterocycles. The fraction of sp³-hybridized carbons (Fsp3) is 0.765. The molecule has 78 heavy (non-hydrogen) atoms. The van der Waals surface area contributed by atoms with Gasteiger partial charge in [0.05, 0.1) is 27.7 Å². The zero-order valence-electron chi connectivity index (χ0n) is 51.3. The highest BCUT2D eigenvalue weighted by atomic mass is 31.2. The molecule has 0 aliphatic heterocycles. The molecule has 0 saturated heterocycles. The average Bonchev–Trinajstić information content (AvgIpc) is 3.41. The van der Waals surface area contributed by atoms with Gasteiger partial charge in [0.1, 0.15) is 19.8 Å². The maximum Gasteiger partial charge on any atom is 0.306 e. The minimum Gasteiger partial charge on any atom is -0.756 e. The number of likely N-dealkylation sites (N-methyl/N-ethyl adjacent to an activating group) is 1. The topological polar surface area (TPSA) is 111 Å². The second-order valence-corrected chi connectivity index (χ2v) is 24.2. The van der Waals surface area contributed by atoms with Crippen LogP contribution in [0.3, 0.4) is 0 Å². The van der Waals surface area contributed by atoms with E-state index in [1.54, 1.807) is 0 Å². The van der Waals surface area contributed by atoms with Crippen molar-refractivity contribution in [3.05, 3.63) is 85.1 Å². The van der Waals surface area contributed by atoms with Gasteiger partial charge in [0.2, 0.25) is 0 Å². The molecule has 2 unspecified atom stereocenters. The quantitative estimate of drug-likeness (QED) is 0.0195. The molecular formula is C68H122NO8P. The van der Waals surface area contributed by atoms with E-state index in [-0.39, 0.29) is 26.1 Å². The first-order chi connectivity index (χ1) is 38.0. The Labute approximate surface area is 481 Å². The van der Waals surface area contributed by atoms with E-state index in [9.17, 15) is 19.0 Å². The van der Waals surface area contributed by atoms with Crippen LogP contribution in [0.15, 0.2) is 85.1 Å². The number of nitrogens with zero attached hydrogens (tertiary/aromatic N) is 1. The summed E-state index contributed by atoms with van der Waals surface area (Å²) in [6, 6.07) is 0. The van der Waals surface area contributed by atoms with Crippen LogP contribution >= 0.6 is 7.82 Å². The molecule has 0 spiro atoms. The fourth-order valence-electron chi connectivity index (χ4n) is 8.97. The number of unbranched alkanes of at least 4 members (excludes halogenated alkanes) is 31. The van der Waals surface area contributed by atoms with Crippen molar-refractivity contribution in [1.82, 2.24) is 0 Å². The number of rotatable bonds is 59. The maximum atomic E-state index is 12.8. The monoisotopic (exact) mass is 1110 g/mol. The van der Waals surface area contributed by atoms with Gasteiger partial charge in [-0.1, -0.05) is 279 Å². The number of quaternary nitrogens is 1. The van der Waals surface area contributed by atoms with Crippen LogP contribution in [-0.2, 0) is 32.7 Å². The van der Waals surface area contributed by atoms with Gasteiger partial charge in [-0.25, -0.2) is 0 Å². The number of hydrogen-bond acceptors (Lipinski definition) is 8. The third kappa shape index (κ3) is 62.4. The van der Waals surface area contributed by atoms with Gasteiger partial charge >= 0.3 is 11.9 Å². The van der Waals surface area contributed by atoms with Crippen LogP contribution in [0, 0.1) is 0 Å². The van der Waals surface area contributed by atoms with Gasteiger partial charge in [-0.3, -0.25) is 14.2 Å². The lowest BCUT2D eigenvalue weighted by Gasteiger charge is -2.28. The molecule has 0 bridgehead atoms. The summed E-state index contributed by atoms with van der Waals surface area (Å²) < 4.78 is 34.1. The third-order valence-corrected chi connectivity index (χ3v) is 14.9. The zero-order chi connectivity index (χ0) is 57.0. The molecule has 0 amide bonds. The molecule has 0 radical (unpaired) electrons. The lowest BCUT2D eigenvalue weighted by molar-refractivity contribution is -0.870. The Kier molecular flexibility index (Phi) is 56.7.